The van der Waals surface area contributed by atoms with Crippen LogP contribution in [0.5, 0.6) is 5.75 Å². The number of allylic oxidation sites excluding steroid dienone is 2. The standard InChI is InChI=1S/C15H16ClN3O2/c1-2-5-21-15-8-14(11(17)7-12(15)18)19-13-4-3-9(20)6-10(13)16/h3-4,6-8,18,20H,2,5,17H2,1H3/b18-12?,19-14-. The minimum atomic E-state index is 0.0698. The third kappa shape index (κ3) is 3.64. The van der Waals surface area contributed by atoms with Crippen LogP contribution >= 0.6 is 11.6 Å². The zero-order valence-corrected chi connectivity index (χ0v) is 12.3. The summed E-state index contributed by atoms with van der Waals surface area (Å²) in [6.07, 6.45) is 3.97. The van der Waals surface area contributed by atoms with Gasteiger partial charge >= 0.3 is 0 Å². The molecule has 0 saturated heterocycles. The molecule has 0 radical (unpaired) electrons. The maximum Gasteiger partial charge on any atom is 0.146 e. The molecule has 0 bridgehead atoms. The van der Waals surface area contributed by atoms with Gasteiger partial charge in [0.1, 0.15) is 11.5 Å². The number of rotatable bonds is 4. The molecule has 0 heterocycles. The van der Waals surface area contributed by atoms with Gasteiger partial charge in [-0.15, -0.1) is 0 Å². The lowest BCUT2D eigenvalue weighted by Crippen LogP contribution is -2.19. The first-order valence-electron chi connectivity index (χ1n) is 6.49. The molecular formula is C15H16ClN3O2. The Labute approximate surface area is 127 Å². The van der Waals surface area contributed by atoms with Crippen molar-refractivity contribution >= 4 is 28.7 Å². The van der Waals surface area contributed by atoms with Gasteiger partial charge in [-0.05, 0) is 24.6 Å². The van der Waals surface area contributed by atoms with Crippen LogP contribution in [0.4, 0.5) is 5.69 Å². The van der Waals surface area contributed by atoms with Gasteiger partial charge in [-0.2, -0.15) is 0 Å². The normalized spacial score (nSPS) is 16.7. The molecular weight excluding hydrogens is 290 g/mol. The van der Waals surface area contributed by atoms with E-state index in [1.807, 2.05) is 6.92 Å². The van der Waals surface area contributed by atoms with Crippen molar-refractivity contribution in [3.05, 3.63) is 46.8 Å². The lowest BCUT2D eigenvalue weighted by atomic mass is 10.1. The Bertz CT molecular complexity index is 663. The molecule has 110 valence electrons. The summed E-state index contributed by atoms with van der Waals surface area (Å²) in [7, 11) is 0. The fraction of sp³-hybridized carbons (Fsp3) is 0.200. The molecule has 0 amide bonds. The summed E-state index contributed by atoms with van der Waals surface area (Å²) >= 11 is 6.02. The van der Waals surface area contributed by atoms with E-state index in [2.05, 4.69) is 4.99 Å². The molecule has 0 saturated carbocycles. The highest BCUT2D eigenvalue weighted by Gasteiger charge is 2.16. The molecule has 21 heavy (non-hydrogen) atoms. The summed E-state index contributed by atoms with van der Waals surface area (Å²) in [6, 6.07) is 4.50. The molecule has 0 unspecified atom stereocenters. The summed E-state index contributed by atoms with van der Waals surface area (Å²) in [5.41, 5.74) is 7.44. The van der Waals surface area contributed by atoms with Crippen molar-refractivity contribution in [2.24, 2.45) is 10.7 Å². The van der Waals surface area contributed by atoms with E-state index >= 15 is 0 Å². The maximum absolute atomic E-state index is 9.34. The molecule has 6 heteroatoms. The Hall–Kier alpha value is -2.27. The second-order valence-electron chi connectivity index (χ2n) is 4.50. The van der Waals surface area contributed by atoms with Gasteiger partial charge in [0.15, 0.2) is 0 Å². The number of benzene rings is 1. The number of ether oxygens (including phenoxy) is 1. The van der Waals surface area contributed by atoms with Crippen LogP contribution in [0.3, 0.4) is 0 Å². The van der Waals surface area contributed by atoms with Gasteiger partial charge in [0.05, 0.1) is 34.4 Å². The van der Waals surface area contributed by atoms with E-state index in [4.69, 9.17) is 27.5 Å². The van der Waals surface area contributed by atoms with Crippen molar-refractivity contribution in [2.45, 2.75) is 13.3 Å². The van der Waals surface area contributed by atoms with E-state index < -0.39 is 0 Å². The van der Waals surface area contributed by atoms with Crippen LogP contribution in [0, 0.1) is 5.41 Å². The summed E-state index contributed by atoms with van der Waals surface area (Å²) in [4.78, 5) is 4.36. The van der Waals surface area contributed by atoms with Gasteiger partial charge in [0, 0.05) is 12.1 Å². The molecule has 2 rings (SSSR count). The summed E-state index contributed by atoms with van der Waals surface area (Å²) in [5, 5.41) is 17.5. The van der Waals surface area contributed by atoms with Crippen molar-refractivity contribution in [1.29, 1.82) is 5.41 Å². The van der Waals surface area contributed by atoms with E-state index in [0.717, 1.165) is 6.42 Å². The molecule has 0 atom stereocenters. The topological polar surface area (TPSA) is 91.7 Å². The highest BCUT2D eigenvalue weighted by Crippen LogP contribution is 2.29. The van der Waals surface area contributed by atoms with Crippen molar-refractivity contribution in [3.8, 4) is 5.75 Å². The molecule has 0 aliphatic heterocycles. The highest BCUT2D eigenvalue weighted by atomic mass is 35.5. The van der Waals surface area contributed by atoms with Crippen LogP contribution in [0.15, 0.2) is 46.8 Å². The quantitative estimate of drug-likeness (QED) is 0.745. The van der Waals surface area contributed by atoms with Gasteiger partial charge < -0.3 is 15.6 Å². The molecule has 0 fully saturated rings. The monoisotopic (exact) mass is 305 g/mol. The molecule has 1 aromatic carbocycles. The van der Waals surface area contributed by atoms with Crippen LogP contribution in [0.25, 0.3) is 0 Å². The van der Waals surface area contributed by atoms with Crippen molar-refractivity contribution in [1.82, 2.24) is 0 Å². The predicted octanol–water partition coefficient (Wildman–Crippen LogP) is 3.30. The van der Waals surface area contributed by atoms with Crippen LogP contribution in [0.1, 0.15) is 13.3 Å². The largest absolute Gasteiger partial charge is 0.508 e. The summed E-state index contributed by atoms with van der Waals surface area (Å²) in [6.45, 7) is 2.51. The van der Waals surface area contributed by atoms with Gasteiger partial charge in [0.25, 0.3) is 0 Å². The molecule has 1 aliphatic carbocycles. The Morgan fingerprint density at radius 1 is 1.38 bits per heavy atom. The number of nitrogens with one attached hydrogen (secondary N) is 1. The zero-order valence-electron chi connectivity index (χ0n) is 11.6. The maximum atomic E-state index is 9.34. The smallest absolute Gasteiger partial charge is 0.146 e. The number of phenolic OH excluding ortho intramolecular Hbond substituents is 1. The summed E-state index contributed by atoms with van der Waals surface area (Å²) in [5.74, 6) is 0.500. The highest BCUT2D eigenvalue weighted by molar-refractivity contribution is 6.33. The van der Waals surface area contributed by atoms with Crippen molar-refractivity contribution in [3.63, 3.8) is 0 Å². The lowest BCUT2D eigenvalue weighted by molar-refractivity contribution is 0.231. The van der Waals surface area contributed by atoms with Gasteiger partial charge in [0.2, 0.25) is 0 Å². The van der Waals surface area contributed by atoms with E-state index in [1.165, 1.54) is 18.2 Å². The van der Waals surface area contributed by atoms with Gasteiger partial charge in [-0.25, -0.2) is 4.99 Å². The Morgan fingerprint density at radius 3 is 2.81 bits per heavy atom. The van der Waals surface area contributed by atoms with Crippen LogP contribution < -0.4 is 5.73 Å². The first-order valence-corrected chi connectivity index (χ1v) is 6.87. The van der Waals surface area contributed by atoms with E-state index in [1.54, 1.807) is 12.1 Å². The first kappa shape index (κ1) is 15.1. The minimum absolute atomic E-state index is 0.0698. The molecule has 0 aromatic heterocycles. The van der Waals surface area contributed by atoms with Gasteiger partial charge in [-0.1, -0.05) is 18.5 Å². The number of halogens is 1. The van der Waals surface area contributed by atoms with E-state index in [9.17, 15) is 5.11 Å². The Morgan fingerprint density at radius 2 is 2.14 bits per heavy atom. The van der Waals surface area contributed by atoms with Gasteiger partial charge in [-0.3, -0.25) is 5.41 Å². The number of nitrogens with zero attached hydrogens (tertiary/aromatic N) is 1. The van der Waals surface area contributed by atoms with E-state index in [0.29, 0.717) is 34.5 Å². The fourth-order valence-electron chi connectivity index (χ4n) is 1.73. The molecule has 0 spiro atoms. The number of hydrogen-bond donors (Lipinski definition) is 3. The van der Waals surface area contributed by atoms with Crippen molar-refractivity contribution < 1.29 is 9.84 Å². The third-order valence-corrected chi connectivity index (χ3v) is 3.07. The average Bonchev–Trinajstić information content (AvgIpc) is 2.43. The van der Waals surface area contributed by atoms with Crippen LogP contribution in [0.2, 0.25) is 5.02 Å². The number of phenols is 1. The third-order valence-electron chi connectivity index (χ3n) is 2.76. The molecule has 1 aromatic rings. The predicted molar refractivity (Wildman–Crippen MR) is 84.5 cm³/mol. The lowest BCUT2D eigenvalue weighted by Gasteiger charge is -2.15. The molecule has 1 aliphatic rings. The molecule has 5 nitrogen and oxygen atoms in total. The van der Waals surface area contributed by atoms with Crippen molar-refractivity contribution in [2.75, 3.05) is 6.61 Å². The summed E-state index contributed by atoms with van der Waals surface area (Å²) < 4.78 is 5.49. The number of aliphatic imine (C=N–C) groups is 1. The zero-order chi connectivity index (χ0) is 15.4. The second kappa shape index (κ2) is 6.45. The molecule has 4 N–H and O–H groups in total. The van der Waals surface area contributed by atoms with Crippen LogP contribution in [-0.4, -0.2) is 23.1 Å². The number of hydrogen-bond acceptors (Lipinski definition) is 5. The Kier molecular flexibility index (Phi) is 4.65. The Balaban J connectivity index is 2.36. The average molecular weight is 306 g/mol. The second-order valence-corrected chi connectivity index (χ2v) is 4.91. The fourth-order valence-corrected chi connectivity index (χ4v) is 1.95. The SMILES string of the molecule is CCCOC1=C/C(=N/c2ccc(O)cc2Cl)C(N)=CC1=N. The number of nitrogens with two attached hydrogens (primary N) is 1. The van der Waals surface area contributed by atoms with E-state index in [-0.39, 0.29) is 11.5 Å². The number of aromatic hydroxyl groups is 1. The minimum Gasteiger partial charge on any atom is -0.508 e. The van der Waals surface area contributed by atoms with Crippen LogP contribution in [-0.2, 0) is 4.74 Å². The first-order chi connectivity index (χ1) is 10.0.